The second kappa shape index (κ2) is 6.26. The van der Waals surface area contributed by atoms with Crippen LogP contribution in [0.3, 0.4) is 0 Å². The van der Waals surface area contributed by atoms with Gasteiger partial charge in [0.2, 0.25) is 0 Å². The zero-order valence-corrected chi connectivity index (χ0v) is 8.90. The average Bonchev–Trinajstić information content (AvgIpc) is 2.10. The van der Waals surface area contributed by atoms with Crippen molar-refractivity contribution in [2.45, 2.75) is 24.7 Å². The molecular weight excluding hydrogens is 247 g/mol. The molecule has 0 unspecified atom stereocenters. The van der Waals surface area contributed by atoms with Crippen molar-refractivity contribution in [3.63, 3.8) is 0 Å². The Morgan fingerprint density at radius 2 is 1.69 bits per heavy atom. The molecule has 0 aliphatic rings. The Kier molecular flexibility index (Phi) is 6.05. The highest BCUT2D eigenvalue weighted by Crippen LogP contribution is 2.35. The number of aliphatic hydroxyl groups excluding tert-OH is 3. The Balaban J connectivity index is 4.12. The molecule has 0 spiro atoms. The van der Waals surface area contributed by atoms with Crippen molar-refractivity contribution in [1.82, 2.24) is 0 Å². The van der Waals surface area contributed by atoms with E-state index in [1.165, 1.54) is 0 Å². The Bertz CT molecular complexity index is 273. The summed E-state index contributed by atoms with van der Waals surface area (Å²) in [6, 6.07) is 0. The predicted molar refractivity (Wildman–Crippen MR) is 48.3 cm³/mol. The number of hydrogen-bond donors (Lipinski definition) is 6. The normalized spacial score (nSPS) is 17.8. The summed E-state index contributed by atoms with van der Waals surface area (Å²) in [7, 11) is -4.79. The van der Waals surface area contributed by atoms with E-state index in [0.717, 1.165) is 0 Å². The van der Waals surface area contributed by atoms with Crippen LogP contribution in [0.25, 0.3) is 0 Å². The Morgan fingerprint density at radius 1 is 1.19 bits per heavy atom. The fraction of sp³-hybridized carbons (Fsp3) is 0.833. The van der Waals surface area contributed by atoms with Crippen LogP contribution in [0, 0.1) is 0 Å². The zero-order valence-electron chi connectivity index (χ0n) is 8.00. The predicted octanol–water partition coefficient (Wildman–Crippen LogP) is -2.35. The first-order valence-electron chi connectivity index (χ1n) is 4.09. The molecule has 16 heavy (non-hydrogen) atoms. The van der Waals surface area contributed by atoms with Gasteiger partial charge in [0.25, 0.3) is 0 Å². The van der Waals surface area contributed by atoms with Crippen LogP contribution < -0.4 is 0 Å². The molecule has 0 aromatic heterocycles. The van der Waals surface area contributed by atoms with Gasteiger partial charge in [-0.15, -0.1) is 0 Å². The molecule has 0 aromatic rings. The molecule has 0 aromatic carbocycles. The van der Waals surface area contributed by atoms with E-state index in [9.17, 15) is 9.36 Å². The van der Waals surface area contributed by atoms with E-state index in [-0.39, 0.29) is 0 Å². The fourth-order valence-corrected chi connectivity index (χ4v) is 1.18. The van der Waals surface area contributed by atoms with Gasteiger partial charge in [0.05, 0.1) is 19.1 Å². The summed E-state index contributed by atoms with van der Waals surface area (Å²) < 4.78 is 14.1. The van der Waals surface area contributed by atoms with Crippen LogP contribution in [-0.2, 0) is 13.9 Å². The number of carboxylic acids is 1. The molecule has 0 amide bonds. The van der Waals surface area contributed by atoms with Crippen LogP contribution in [0.5, 0.6) is 0 Å². The van der Waals surface area contributed by atoms with Gasteiger partial charge >= 0.3 is 13.8 Å². The van der Waals surface area contributed by atoms with Crippen LogP contribution in [-0.4, -0.2) is 61.1 Å². The topological polar surface area (TPSA) is 165 Å². The lowest BCUT2D eigenvalue weighted by molar-refractivity contribution is -0.143. The number of carboxylic acid groups (broad SMARTS) is 1. The van der Waals surface area contributed by atoms with Crippen LogP contribution in [0.4, 0.5) is 0 Å². The number of rotatable bonds is 7. The van der Waals surface area contributed by atoms with Crippen molar-refractivity contribution in [1.29, 1.82) is 0 Å². The number of aliphatic carboxylic acids is 1. The van der Waals surface area contributed by atoms with Crippen molar-refractivity contribution in [2.24, 2.45) is 0 Å². The van der Waals surface area contributed by atoms with E-state index >= 15 is 0 Å². The lowest BCUT2D eigenvalue weighted by atomic mass is 10.1. The average molecular weight is 260 g/mol. The molecular formula is C6H13O9P. The molecule has 0 aliphatic heterocycles. The zero-order chi connectivity index (χ0) is 12.9. The van der Waals surface area contributed by atoms with Crippen molar-refractivity contribution < 1.29 is 44.1 Å². The Morgan fingerprint density at radius 3 is 2.06 bits per heavy atom. The highest BCUT2D eigenvalue weighted by atomic mass is 31.2. The summed E-state index contributed by atoms with van der Waals surface area (Å²) >= 11 is 0. The van der Waals surface area contributed by atoms with Gasteiger partial charge in [-0.1, -0.05) is 0 Å². The van der Waals surface area contributed by atoms with Gasteiger partial charge in [-0.05, 0) is 0 Å². The van der Waals surface area contributed by atoms with E-state index in [0.29, 0.717) is 0 Å². The monoisotopic (exact) mass is 260 g/mol. The van der Waals surface area contributed by atoms with E-state index in [1.807, 2.05) is 0 Å². The molecule has 6 N–H and O–H groups in total. The fourth-order valence-electron chi connectivity index (χ4n) is 0.828. The number of aliphatic hydroxyl groups is 3. The van der Waals surface area contributed by atoms with Crippen molar-refractivity contribution >= 4 is 13.8 Å². The maximum absolute atomic E-state index is 10.2. The SMILES string of the molecule is O=C(O)C[C@@H](O)[C@@H](O)[C@H](O)COP(=O)(O)O. The van der Waals surface area contributed by atoms with Crippen LogP contribution >= 0.6 is 7.82 Å². The van der Waals surface area contributed by atoms with Gasteiger partial charge in [0.15, 0.2) is 0 Å². The molecule has 0 rings (SSSR count). The second-order valence-electron chi connectivity index (χ2n) is 3.01. The molecule has 0 fully saturated rings. The second-order valence-corrected chi connectivity index (χ2v) is 4.25. The molecule has 9 nitrogen and oxygen atoms in total. The number of hydrogen-bond acceptors (Lipinski definition) is 6. The minimum Gasteiger partial charge on any atom is -0.481 e. The number of phosphoric acid groups is 1. The van der Waals surface area contributed by atoms with E-state index < -0.39 is 45.1 Å². The van der Waals surface area contributed by atoms with E-state index in [1.54, 1.807) is 0 Å². The standard InChI is InChI=1S/C6H13O9P/c7-3(1-5(9)10)6(11)4(8)2-15-16(12,13)14/h3-4,6-8,11H,1-2H2,(H,9,10)(H2,12,13,14)/t3-,4-,6-/m1/s1. The number of carbonyl (C=O) groups is 1. The van der Waals surface area contributed by atoms with Crippen molar-refractivity contribution in [3.05, 3.63) is 0 Å². The smallest absolute Gasteiger partial charge is 0.469 e. The molecule has 0 saturated carbocycles. The van der Waals surface area contributed by atoms with Gasteiger partial charge < -0.3 is 30.2 Å². The first-order valence-corrected chi connectivity index (χ1v) is 5.62. The first-order chi connectivity index (χ1) is 7.13. The van der Waals surface area contributed by atoms with Crippen LogP contribution in [0.1, 0.15) is 6.42 Å². The third kappa shape index (κ3) is 6.85. The quantitative estimate of drug-likeness (QED) is 0.275. The molecule has 0 saturated heterocycles. The molecule has 0 heterocycles. The third-order valence-corrected chi connectivity index (χ3v) is 2.07. The van der Waals surface area contributed by atoms with E-state index in [4.69, 9.17) is 30.2 Å². The van der Waals surface area contributed by atoms with Crippen molar-refractivity contribution in [2.75, 3.05) is 6.61 Å². The van der Waals surface area contributed by atoms with E-state index in [2.05, 4.69) is 4.52 Å². The highest BCUT2D eigenvalue weighted by molar-refractivity contribution is 7.46. The molecule has 0 aliphatic carbocycles. The first kappa shape index (κ1) is 15.5. The molecule has 0 bridgehead atoms. The maximum Gasteiger partial charge on any atom is 0.469 e. The third-order valence-electron chi connectivity index (χ3n) is 1.59. The minimum atomic E-state index is -4.79. The summed E-state index contributed by atoms with van der Waals surface area (Å²) in [4.78, 5) is 26.7. The van der Waals surface area contributed by atoms with Crippen LogP contribution in [0.2, 0.25) is 0 Å². The summed E-state index contributed by atoms with van der Waals surface area (Å²) in [6.45, 7) is -0.928. The van der Waals surface area contributed by atoms with Gasteiger partial charge in [-0.2, -0.15) is 0 Å². The maximum atomic E-state index is 10.2. The van der Waals surface area contributed by atoms with Crippen molar-refractivity contribution in [3.8, 4) is 0 Å². The van der Waals surface area contributed by atoms with Gasteiger partial charge in [-0.25, -0.2) is 4.57 Å². The Hall–Kier alpha value is -0.540. The van der Waals surface area contributed by atoms with Gasteiger partial charge in [-0.3, -0.25) is 9.32 Å². The van der Waals surface area contributed by atoms with Gasteiger partial charge in [0.1, 0.15) is 12.2 Å². The summed E-state index contributed by atoms with van der Waals surface area (Å²) in [5.74, 6) is -1.39. The summed E-state index contributed by atoms with van der Waals surface area (Å²) in [6.07, 6.45) is -6.24. The summed E-state index contributed by atoms with van der Waals surface area (Å²) in [5, 5.41) is 35.5. The molecule has 96 valence electrons. The summed E-state index contributed by atoms with van der Waals surface area (Å²) in [5.41, 5.74) is 0. The van der Waals surface area contributed by atoms with Crippen LogP contribution in [0.15, 0.2) is 0 Å². The van der Waals surface area contributed by atoms with Gasteiger partial charge in [0, 0.05) is 0 Å². The largest absolute Gasteiger partial charge is 0.481 e. The molecule has 10 heteroatoms. The molecule has 0 radical (unpaired) electrons. The minimum absolute atomic E-state index is 0.811. The lowest BCUT2D eigenvalue weighted by Gasteiger charge is -2.21. The highest BCUT2D eigenvalue weighted by Gasteiger charge is 2.28. The molecule has 3 atom stereocenters. The lowest BCUT2D eigenvalue weighted by Crippen LogP contribution is -2.40. The Labute approximate surface area is 90.2 Å². The number of phosphoric ester groups is 1.